The Labute approximate surface area is 148 Å². The van der Waals surface area contributed by atoms with Crippen LogP contribution in [0.25, 0.3) is 0 Å². The maximum absolute atomic E-state index is 4.78. The third kappa shape index (κ3) is 3.65. The third-order valence-corrected chi connectivity index (χ3v) is 6.67. The van der Waals surface area contributed by atoms with Gasteiger partial charge in [0.05, 0.1) is 5.44 Å². The number of pyridine rings is 1. The summed E-state index contributed by atoms with van der Waals surface area (Å²) in [5, 5.41) is 2.61. The molecule has 0 radical (unpaired) electrons. The maximum Gasteiger partial charge on any atom is 0.0724 e. The molecule has 2 aromatic carbocycles. The molecular weight excluding hydrogens is 421 g/mol. The number of aryl methyl sites for hydroxylation is 1. The Morgan fingerprint density at radius 2 is 1.23 bits per heavy atom. The molecule has 3 aromatic rings. The van der Waals surface area contributed by atoms with Gasteiger partial charge in [0.1, 0.15) is 0 Å². The number of benzene rings is 2. The van der Waals surface area contributed by atoms with Crippen LogP contribution in [0.2, 0.25) is 0 Å². The van der Waals surface area contributed by atoms with Gasteiger partial charge in [-0.15, -0.1) is 0 Å². The molecule has 0 unspecified atom stereocenters. The Hall–Kier alpha value is -1.02. The molecule has 0 saturated heterocycles. The van der Waals surface area contributed by atoms with Crippen molar-refractivity contribution >= 4 is 55.8 Å². The van der Waals surface area contributed by atoms with Crippen molar-refractivity contribution in [1.29, 1.82) is 0 Å². The van der Waals surface area contributed by atoms with Gasteiger partial charge in [-0.05, 0) is 53.9 Å². The Bertz CT molecular complexity index is 724. The number of hydrogen-bond donors (Lipinski definition) is 0. The first-order valence-corrected chi connectivity index (χ1v) is 9.81. The van der Waals surface area contributed by atoms with E-state index in [0.717, 1.165) is 20.1 Å². The van der Waals surface area contributed by atoms with E-state index in [4.69, 9.17) is 4.98 Å². The van der Waals surface area contributed by atoms with Crippen molar-refractivity contribution in [2.45, 2.75) is 6.92 Å². The molecule has 0 amide bonds. The van der Waals surface area contributed by atoms with Gasteiger partial charge in [0.25, 0.3) is 0 Å². The van der Waals surface area contributed by atoms with Crippen molar-refractivity contribution in [3.05, 3.63) is 81.4 Å². The van der Waals surface area contributed by atoms with E-state index in [-0.39, 0.29) is 0 Å². The smallest absolute Gasteiger partial charge is 0.0724 e. The molecule has 1 heterocycles. The summed E-state index contributed by atoms with van der Waals surface area (Å²) in [6, 6.07) is 23.4. The van der Waals surface area contributed by atoms with Crippen LogP contribution in [0.1, 0.15) is 5.69 Å². The Kier molecular flexibility index (Phi) is 5.07. The number of hydrogen-bond acceptors (Lipinski definition) is 1. The highest BCUT2D eigenvalue weighted by Crippen LogP contribution is 2.32. The molecule has 1 aromatic heterocycles. The van der Waals surface area contributed by atoms with Gasteiger partial charge in [-0.2, -0.15) is 0 Å². The van der Waals surface area contributed by atoms with Crippen molar-refractivity contribution in [2.75, 3.05) is 0 Å². The first-order valence-electron chi connectivity index (χ1n) is 6.88. The van der Waals surface area contributed by atoms with Gasteiger partial charge >= 0.3 is 0 Å². The van der Waals surface area contributed by atoms with E-state index in [1.807, 2.05) is 13.0 Å². The summed E-state index contributed by atoms with van der Waals surface area (Å²) in [4.78, 5) is 4.78. The molecule has 0 aliphatic rings. The van der Waals surface area contributed by atoms with E-state index < -0.39 is 7.92 Å². The lowest BCUT2D eigenvalue weighted by molar-refractivity contribution is 1.24. The number of rotatable bonds is 3. The Morgan fingerprint density at radius 1 is 0.727 bits per heavy atom. The van der Waals surface area contributed by atoms with Gasteiger partial charge < -0.3 is 0 Å². The monoisotopic (exact) mass is 433 g/mol. The van der Waals surface area contributed by atoms with Crippen LogP contribution in [-0.4, -0.2) is 4.98 Å². The van der Waals surface area contributed by atoms with Crippen LogP contribution in [0.4, 0.5) is 0 Å². The van der Waals surface area contributed by atoms with Crippen molar-refractivity contribution in [3.63, 3.8) is 0 Å². The van der Waals surface area contributed by atoms with E-state index in [2.05, 4.69) is 92.5 Å². The van der Waals surface area contributed by atoms with Crippen LogP contribution in [0.5, 0.6) is 0 Å². The van der Waals surface area contributed by atoms with Crippen molar-refractivity contribution in [2.24, 2.45) is 0 Å². The number of nitrogens with zero attached hydrogens (tertiary/aromatic N) is 1. The van der Waals surface area contributed by atoms with Crippen LogP contribution in [-0.2, 0) is 0 Å². The van der Waals surface area contributed by atoms with Crippen LogP contribution in [0.15, 0.2) is 75.7 Å². The van der Waals surface area contributed by atoms with Crippen LogP contribution < -0.4 is 16.0 Å². The zero-order chi connectivity index (χ0) is 15.5. The highest BCUT2D eigenvalue weighted by Gasteiger charge is 2.17. The highest BCUT2D eigenvalue weighted by atomic mass is 79.9. The molecule has 0 saturated carbocycles. The third-order valence-electron chi connectivity index (χ3n) is 3.27. The molecule has 0 aliphatic carbocycles. The number of halogens is 2. The van der Waals surface area contributed by atoms with Gasteiger partial charge in [0.2, 0.25) is 0 Å². The SMILES string of the molecule is Cc1cccc(P(c2ccc(Br)cc2)c2ccc(Br)cc2)n1. The van der Waals surface area contributed by atoms with E-state index in [0.29, 0.717) is 0 Å². The molecular formula is C18H14Br2NP. The fraction of sp³-hybridized carbons (Fsp3) is 0.0556. The summed E-state index contributed by atoms with van der Waals surface area (Å²) in [6.45, 7) is 2.04. The van der Waals surface area contributed by atoms with Crippen LogP contribution in [0, 0.1) is 6.92 Å². The normalized spacial score (nSPS) is 10.9. The molecule has 0 aliphatic heterocycles. The molecule has 3 rings (SSSR count). The van der Waals surface area contributed by atoms with Crippen molar-refractivity contribution in [3.8, 4) is 0 Å². The molecule has 0 bridgehead atoms. The first-order chi connectivity index (χ1) is 10.6. The summed E-state index contributed by atoms with van der Waals surface area (Å²) < 4.78 is 2.19. The quantitative estimate of drug-likeness (QED) is 0.545. The lowest BCUT2D eigenvalue weighted by atomic mass is 10.4. The Balaban J connectivity index is 2.13. The minimum Gasteiger partial charge on any atom is -0.253 e. The lowest BCUT2D eigenvalue weighted by Gasteiger charge is -2.18. The molecule has 4 heteroatoms. The zero-order valence-corrected chi connectivity index (χ0v) is 16.1. The summed E-state index contributed by atoms with van der Waals surface area (Å²) >= 11 is 7.03. The molecule has 0 spiro atoms. The van der Waals surface area contributed by atoms with Gasteiger partial charge in [-0.3, -0.25) is 4.98 Å². The fourth-order valence-corrected chi connectivity index (χ4v) is 4.99. The summed E-state index contributed by atoms with van der Waals surface area (Å²) in [6.07, 6.45) is 0. The minimum atomic E-state index is -0.640. The van der Waals surface area contributed by atoms with Crippen LogP contribution in [0.3, 0.4) is 0 Å². The molecule has 0 N–H and O–H groups in total. The van der Waals surface area contributed by atoms with Gasteiger partial charge in [0, 0.05) is 22.6 Å². The second kappa shape index (κ2) is 7.04. The first kappa shape index (κ1) is 15.9. The minimum absolute atomic E-state index is 0.640. The predicted molar refractivity (Wildman–Crippen MR) is 103 cm³/mol. The lowest BCUT2D eigenvalue weighted by Crippen LogP contribution is -2.23. The highest BCUT2D eigenvalue weighted by molar-refractivity contribution is 9.10. The average molecular weight is 435 g/mol. The standard InChI is InChI=1S/C18H14Br2NP/c1-13-3-2-4-18(21-13)22(16-9-5-14(19)6-10-16)17-11-7-15(20)8-12-17/h2-12H,1H3. The van der Waals surface area contributed by atoms with Gasteiger partial charge in [-0.1, -0.05) is 62.2 Å². The van der Waals surface area contributed by atoms with E-state index >= 15 is 0 Å². The van der Waals surface area contributed by atoms with Crippen molar-refractivity contribution < 1.29 is 0 Å². The molecule has 22 heavy (non-hydrogen) atoms. The van der Waals surface area contributed by atoms with Gasteiger partial charge in [0.15, 0.2) is 0 Å². The molecule has 110 valence electrons. The molecule has 0 atom stereocenters. The fourth-order valence-electron chi connectivity index (χ4n) is 2.25. The topological polar surface area (TPSA) is 12.9 Å². The Morgan fingerprint density at radius 3 is 1.68 bits per heavy atom. The number of aromatic nitrogens is 1. The van der Waals surface area contributed by atoms with E-state index in [9.17, 15) is 0 Å². The zero-order valence-electron chi connectivity index (χ0n) is 12.0. The largest absolute Gasteiger partial charge is 0.253 e. The van der Waals surface area contributed by atoms with Crippen LogP contribution >= 0.6 is 39.8 Å². The molecule has 0 fully saturated rings. The second-order valence-electron chi connectivity index (χ2n) is 4.93. The maximum atomic E-state index is 4.78. The predicted octanol–water partition coefficient (Wildman–Crippen LogP) is 4.67. The molecule has 1 nitrogen and oxygen atoms in total. The van der Waals surface area contributed by atoms with Gasteiger partial charge in [-0.25, -0.2) is 0 Å². The van der Waals surface area contributed by atoms with E-state index in [1.165, 1.54) is 10.6 Å². The second-order valence-corrected chi connectivity index (χ2v) is 8.92. The summed E-state index contributed by atoms with van der Waals surface area (Å²) in [5.74, 6) is 0. The average Bonchev–Trinajstić information content (AvgIpc) is 2.51. The van der Waals surface area contributed by atoms with Crippen molar-refractivity contribution in [1.82, 2.24) is 4.98 Å². The van der Waals surface area contributed by atoms with E-state index in [1.54, 1.807) is 0 Å². The summed E-state index contributed by atoms with van der Waals surface area (Å²) in [5.41, 5.74) is 2.19. The summed E-state index contributed by atoms with van der Waals surface area (Å²) in [7, 11) is -0.640.